The summed E-state index contributed by atoms with van der Waals surface area (Å²) in [5.74, 6) is 0.111. The van der Waals surface area contributed by atoms with E-state index in [1.807, 2.05) is 18.3 Å². The Morgan fingerprint density at radius 2 is 2.38 bits per heavy atom. The van der Waals surface area contributed by atoms with E-state index in [1.54, 1.807) is 13.1 Å². The third-order valence-corrected chi connectivity index (χ3v) is 2.97. The van der Waals surface area contributed by atoms with Crippen molar-refractivity contribution in [3.8, 4) is 10.4 Å². The summed E-state index contributed by atoms with van der Waals surface area (Å²) in [5.41, 5.74) is 1.03. The van der Waals surface area contributed by atoms with Gasteiger partial charge >= 0.3 is 0 Å². The molecule has 0 saturated heterocycles. The molecule has 0 aliphatic carbocycles. The number of hydrogen-bond acceptors (Lipinski definition) is 3. The van der Waals surface area contributed by atoms with Crippen LogP contribution in [0.1, 0.15) is 16.6 Å². The van der Waals surface area contributed by atoms with Gasteiger partial charge in [-0.05, 0) is 19.1 Å². The summed E-state index contributed by atoms with van der Waals surface area (Å²) < 4.78 is 0. The van der Waals surface area contributed by atoms with E-state index in [0.717, 1.165) is 15.3 Å². The molecule has 0 atom stereocenters. The summed E-state index contributed by atoms with van der Waals surface area (Å²) in [6.07, 6.45) is 3.56. The number of nitrogens with one attached hydrogen (secondary N) is 1. The molecule has 2 heterocycles. The number of aromatic nitrogens is 2. The minimum absolute atomic E-state index is 0.111. The molecule has 0 aromatic carbocycles. The van der Waals surface area contributed by atoms with Crippen molar-refractivity contribution >= 4 is 17.1 Å². The van der Waals surface area contributed by atoms with Crippen LogP contribution in [-0.2, 0) is 0 Å². The zero-order chi connectivity index (χ0) is 9.26. The Labute approximate surface area is 79.4 Å². The summed E-state index contributed by atoms with van der Waals surface area (Å²) in [7, 11) is 0. The smallest absolute Gasteiger partial charge is 0.169 e. The van der Waals surface area contributed by atoms with Gasteiger partial charge in [0, 0.05) is 16.6 Å². The van der Waals surface area contributed by atoms with Crippen molar-refractivity contribution in [3.05, 3.63) is 29.4 Å². The minimum atomic E-state index is 0.111. The molecule has 1 N–H and O–H groups in total. The van der Waals surface area contributed by atoms with Crippen molar-refractivity contribution in [1.29, 1.82) is 0 Å². The van der Waals surface area contributed by atoms with Crippen molar-refractivity contribution in [2.75, 3.05) is 0 Å². The standard InChI is InChI=1S/C9H8N2OS/c1-6(12)8-2-3-9(13-8)7-4-10-11-5-7/h2-5H,1H3,(H,10,11). The average Bonchev–Trinajstić information content (AvgIpc) is 2.75. The monoisotopic (exact) mass is 192 g/mol. The first-order valence-electron chi connectivity index (χ1n) is 3.87. The SMILES string of the molecule is CC(=O)c1ccc(-c2cn[nH]c2)s1. The van der Waals surface area contributed by atoms with Crippen molar-refractivity contribution in [2.24, 2.45) is 0 Å². The molecule has 13 heavy (non-hydrogen) atoms. The molecule has 0 amide bonds. The fourth-order valence-corrected chi connectivity index (χ4v) is 1.95. The number of hydrogen-bond donors (Lipinski definition) is 1. The van der Waals surface area contributed by atoms with Gasteiger partial charge in [-0.1, -0.05) is 0 Å². The van der Waals surface area contributed by atoms with Crippen LogP contribution in [0.25, 0.3) is 10.4 Å². The molecule has 0 bridgehead atoms. The second-order valence-electron chi connectivity index (χ2n) is 2.71. The van der Waals surface area contributed by atoms with Crippen molar-refractivity contribution in [3.63, 3.8) is 0 Å². The number of ketones is 1. The molecule has 0 spiro atoms. The highest BCUT2D eigenvalue weighted by Gasteiger charge is 2.06. The molecule has 3 nitrogen and oxygen atoms in total. The summed E-state index contributed by atoms with van der Waals surface area (Å²) in [4.78, 5) is 12.9. The maximum atomic E-state index is 11.0. The van der Waals surface area contributed by atoms with Crippen LogP contribution in [0.2, 0.25) is 0 Å². The molecular weight excluding hydrogens is 184 g/mol. The second-order valence-corrected chi connectivity index (χ2v) is 3.79. The van der Waals surface area contributed by atoms with Gasteiger partial charge in [-0.25, -0.2) is 0 Å². The molecule has 66 valence electrons. The number of Topliss-reactive ketones (excluding diaryl/α,β-unsaturated/α-hetero) is 1. The quantitative estimate of drug-likeness (QED) is 0.742. The van der Waals surface area contributed by atoms with Crippen molar-refractivity contribution in [1.82, 2.24) is 10.2 Å². The summed E-state index contributed by atoms with van der Waals surface area (Å²) >= 11 is 1.49. The fraction of sp³-hybridized carbons (Fsp3) is 0.111. The van der Waals surface area contributed by atoms with Gasteiger partial charge in [-0.2, -0.15) is 5.10 Å². The number of carbonyl (C=O) groups excluding carboxylic acids is 1. The van der Waals surface area contributed by atoms with E-state index < -0.39 is 0 Å². The maximum Gasteiger partial charge on any atom is 0.169 e. The molecule has 4 heteroatoms. The van der Waals surface area contributed by atoms with E-state index in [2.05, 4.69) is 10.2 Å². The first-order valence-corrected chi connectivity index (χ1v) is 4.69. The van der Waals surface area contributed by atoms with Gasteiger partial charge in [0.05, 0.1) is 11.1 Å². The van der Waals surface area contributed by atoms with Crippen LogP contribution >= 0.6 is 11.3 Å². The third kappa shape index (κ3) is 1.53. The largest absolute Gasteiger partial charge is 0.294 e. The minimum Gasteiger partial charge on any atom is -0.294 e. The molecular formula is C9H8N2OS. The molecule has 0 saturated carbocycles. The van der Waals surface area contributed by atoms with Crippen LogP contribution in [0.5, 0.6) is 0 Å². The van der Waals surface area contributed by atoms with Gasteiger partial charge in [-0.3, -0.25) is 9.89 Å². The van der Waals surface area contributed by atoms with Crippen LogP contribution in [0.4, 0.5) is 0 Å². The highest BCUT2D eigenvalue weighted by Crippen LogP contribution is 2.27. The summed E-state index contributed by atoms with van der Waals surface area (Å²) in [6, 6.07) is 3.78. The molecule has 0 aliphatic rings. The predicted octanol–water partition coefficient (Wildman–Crippen LogP) is 2.34. The zero-order valence-corrected chi connectivity index (χ0v) is 7.89. The molecule has 0 fully saturated rings. The van der Waals surface area contributed by atoms with Gasteiger partial charge in [0.15, 0.2) is 5.78 Å². The van der Waals surface area contributed by atoms with Gasteiger partial charge in [0.25, 0.3) is 0 Å². The van der Waals surface area contributed by atoms with E-state index in [1.165, 1.54) is 11.3 Å². The number of H-pyrrole nitrogens is 1. The first kappa shape index (κ1) is 8.19. The maximum absolute atomic E-state index is 11.0. The highest BCUT2D eigenvalue weighted by molar-refractivity contribution is 7.17. The Morgan fingerprint density at radius 3 is 2.92 bits per heavy atom. The normalized spacial score (nSPS) is 10.2. The number of carbonyl (C=O) groups is 1. The first-order chi connectivity index (χ1) is 6.27. The third-order valence-electron chi connectivity index (χ3n) is 1.74. The van der Waals surface area contributed by atoms with E-state index in [4.69, 9.17) is 0 Å². The van der Waals surface area contributed by atoms with Crippen LogP contribution in [0.15, 0.2) is 24.5 Å². The number of thiophene rings is 1. The Bertz CT molecular complexity index is 417. The lowest BCUT2D eigenvalue weighted by atomic mass is 10.3. The number of nitrogens with zero attached hydrogens (tertiary/aromatic N) is 1. The number of rotatable bonds is 2. The summed E-state index contributed by atoms with van der Waals surface area (Å²) in [6.45, 7) is 1.57. The van der Waals surface area contributed by atoms with Crippen molar-refractivity contribution < 1.29 is 4.79 Å². The Kier molecular flexibility index (Phi) is 1.98. The molecule has 0 aliphatic heterocycles. The molecule has 0 unspecified atom stereocenters. The molecule has 0 radical (unpaired) electrons. The Balaban J connectivity index is 2.39. The second kappa shape index (κ2) is 3.14. The van der Waals surface area contributed by atoms with Crippen LogP contribution in [0.3, 0.4) is 0 Å². The van der Waals surface area contributed by atoms with Gasteiger partial charge < -0.3 is 0 Å². The van der Waals surface area contributed by atoms with Crippen LogP contribution in [-0.4, -0.2) is 16.0 Å². The molecule has 2 rings (SSSR count). The zero-order valence-electron chi connectivity index (χ0n) is 7.07. The van der Waals surface area contributed by atoms with Gasteiger partial charge in [-0.15, -0.1) is 11.3 Å². The molecule has 2 aromatic heterocycles. The van der Waals surface area contributed by atoms with Gasteiger partial charge in [0.2, 0.25) is 0 Å². The van der Waals surface area contributed by atoms with E-state index >= 15 is 0 Å². The number of aromatic amines is 1. The lowest BCUT2D eigenvalue weighted by Gasteiger charge is -1.86. The van der Waals surface area contributed by atoms with E-state index in [-0.39, 0.29) is 5.78 Å². The fourth-order valence-electron chi connectivity index (χ4n) is 1.07. The van der Waals surface area contributed by atoms with E-state index in [0.29, 0.717) is 0 Å². The van der Waals surface area contributed by atoms with Crippen molar-refractivity contribution in [2.45, 2.75) is 6.92 Å². The Hall–Kier alpha value is -1.42. The highest BCUT2D eigenvalue weighted by atomic mass is 32.1. The summed E-state index contributed by atoms with van der Waals surface area (Å²) in [5, 5.41) is 6.59. The predicted molar refractivity (Wildman–Crippen MR) is 51.9 cm³/mol. The lowest BCUT2D eigenvalue weighted by molar-refractivity contribution is 0.102. The topological polar surface area (TPSA) is 45.8 Å². The lowest BCUT2D eigenvalue weighted by Crippen LogP contribution is -1.83. The Morgan fingerprint density at radius 1 is 1.54 bits per heavy atom. The average molecular weight is 192 g/mol. The van der Waals surface area contributed by atoms with Crippen LogP contribution in [0, 0.1) is 0 Å². The molecule has 2 aromatic rings. The van der Waals surface area contributed by atoms with Gasteiger partial charge in [0.1, 0.15) is 0 Å². The van der Waals surface area contributed by atoms with E-state index in [9.17, 15) is 4.79 Å². The van der Waals surface area contributed by atoms with Crippen LogP contribution < -0.4 is 0 Å².